The number of methoxy groups -OCH3 is 1. The van der Waals surface area contributed by atoms with E-state index in [1.165, 1.54) is 24.3 Å². The van der Waals surface area contributed by atoms with Crippen molar-refractivity contribution in [3.63, 3.8) is 0 Å². The zero-order chi connectivity index (χ0) is 24.9. The lowest BCUT2D eigenvalue weighted by atomic mass is 9.64. The summed E-state index contributed by atoms with van der Waals surface area (Å²) in [6.07, 6.45) is -3.08. The van der Waals surface area contributed by atoms with E-state index in [1.54, 1.807) is 18.2 Å². The summed E-state index contributed by atoms with van der Waals surface area (Å²) < 4.78 is 47.0. The van der Waals surface area contributed by atoms with Gasteiger partial charge in [-0.1, -0.05) is 39.7 Å². The molecule has 0 heterocycles. The predicted molar refractivity (Wildman–Crippen MR) is 125 cm³/mol. The third kappa shape index (κ3) is 3.88. The van der Waals surface area contributed by atoms with Gasteiger partial charge >= 0.3 is 18.1 Å². The lowest BCUT2D eigenvalue weighted by molar-refractivity contribution is -0.174. The summed E-state index contributed by atoms with van der Waals surface area (Å²) in [5.74, 6) is -3.05. The fourth-order valence-electron chi connectivity index (χ4n) is 5.10. The summed E-state index contributed by atoms with van der Waals surface area (Å²) in [4.78, 5) is 26.3. The molecule has 1 fully saturated rings. The van der Waals surface area contributed by atoms with Crippen molar-refractivity contribution in [1.29, 1.82) is 0 Å². The van der Waals surface area contributed by atoms with Crippen molar-refractivity contribution in [2.45, 2.75) is 42.8 Å². The Balaban J connectivity index is 1.82. The molecule has 0 radical (unpaired) electrons. The van der Waals surface area contributed by atoms with Gasteiger partial charge in [-0.15, -0.1) is 0 Å². The van der Waals surface area contributed by atoms with Crippen LogP contribution in [0.2, 0.25) is 5.02 Å². The van der Waals surface area contributed by atoms with Crippen molar-refractivity contribution in [2.75, 3.05) is 12.0 Å². The largest absolute Gasteiger partial charge is 0.508 e. The molecule has 4 rings (SSSR count). The van der Waals surface area contributed by atoms with Crippen LogP contribution in [-0.2, 0) is 19.7 Å². The zero-order valence-corrected chi connectivity index (χ0v) is 20.3. The third-order valence-electron chi connectivity index (χ3n) is 6.73. The van der Waals surface area contributed by atoms with E-state index >= 15 is 0 Å². The van der Waals surface area contributed by atoms with E-state index < -0.39 is 29.0 Å². The lowest BCUT2D eigenvalue weighted by Crippen LogP contribution is -2.63. The average Bonchev–Trinajstić information content (AvgIpc) is 3.05. The maximum Gasteiger partial charge on any atom is 0.471 e. The molecule has 0 aliphatic heterocycles. The van der Waals surface area contributed by atoms with E-state index in [-0.39, 0.29) is 42.1 Å². The third-order valence-corrected chi connectivity index (χ3v) is 7.95. The minimum absolute atomic E-state index is 0.0614. The van der Waals surface area contributed by atoms with Crippen molar-refractivity contribution in [3.05, 3.63) is 63.1 Å². The normalized spacial score (nSPS) is 23.9. The molecule has 5 nitrogen and oxygen atoms in total. The van der Waals surface area contributed by atoms with Crippen LogP contribution in [0.1, 0.15) is 36.8 Å². The van der Waals surface area contributed by atoms with Crippen molar-refractivity contribution < 1.29 is 32.6 Å². The highest BCUT2D eigenvalue weighted by molar-refractivity contribution is 9.11. The smallest absolute Gasteiger partial charge is 0.471 e. The van der Waals surface area contributed by atoms with Crippen LogP contribution in [-0.4, -0.2) is 35.8 Å². The monoisotopic (exact) mass is 557 g/mol. The number of amides is 1. The van der Waals surface area contributed by atoms with Gasteiger partial charge in [0.15, 0.2) is 0 Å². The van der Waals surface area contributed by atoms with E-state index in [4.69, 9.17) is 16.3 Å². The number of allylic oxidation sites excluding steroid dienone is 1. The molecular formula is C24H20BrClF3NO4. The fraction of sp³-hybridized carbons (Fsp3) is 0.333. The highest BCUT2D eigenvalue weighted by Gasteiger charge is 2.59. The first-order chi connectivity index (χ1) is 15.9. The van der Waals surface area contributed by atoms with Crippen molar-refractivity contribution >= 4 is 51.2 Å². The Morgan fingerprint density at radius 2 is 1.79 bits per heavy atom. The second-order valence-electron chi connectivity index (χ2n) is 8.49. The second kappa shape index (κ2) is 8.61. The number of esters is 1. The number of alkyl halides is 3. The molecule has 0 saturated heterocycles. The van der Waals surface area contributed by atoms with Gasteiger partial charge in [0.1, 0.15) is 11.3 Å². The van der Waals surface area contributed by atoms with Gasteiger partial charge in [-0.25, -0.2) is 4.79 Å². The fourth-order valence-corrected chi connectivity index (χ4v) is 6.14. The molecule has 1 amide bonds. The summed E-state index contributed by atoms with van der Waals surface area (Å²) in [5.41, 5.74) is -1.00. The summed E-state index contributed by atoms with van der Waals surface area (Å²) in [5, 5.41) is 10.2. The molecule has 0 aromatic heterocycles. The van der Waals surface area contributed by atoms with E-state index in [9.17, 15) is 27.9 Å². The number of aromatic hydroxyl groups is 1. The first kappa shape index (κ1) is 24.6. The average molecular weight is 559 g/mol. The summed E-state index contributed by atoms with van der Waals surface area (Å²) in [6, 6.07) is 10.3. The molecule has 2 aromatic carbocycles. The molecule has 34 heavy (non-hydrogen) atoms. The number of hydrogen-bond donors (Lipinski definition) is 1. The number of fused-ring (bicyclic) bond motifs is 2. The zero-order valence-electron chi connectivity index (χ0n) is 18.0. The van der Waals surface area contributed by atoms with Gasteiger partial charge in [0.2, 0.25) is 0 Å². The molecule has 1 spiro atoms. The number of ether oxygens (including phenoxy) is 1. The maximum absolute atomic E-state index is 13.8. The standard InChI is InChI=1S/C24H20BrClF3NO4/c1-34-21(33)23(30(20(32)24(27,28)29)16-4-2-3-15(26)12-16)9-7-22(8-10-23)18-13-17(31)6-5-14(18)11-19(22)25/h2-6,11-13,31H,7-10H2,1H3. The van der Waals surface area contributed by atoms with Crippen molar-refractivity contribution in [2.24, 2.45) is 0 Å². The highest BCUT2D eigenvalue weighted by atomic mass is 79.9. The van der Waals surface area contributed by atoms with Crippen LogP contribution in [0.15, 0.2) is 46.9 Å². The van der Waals surface area contributed by atoms with Crippen LogP contribution >= 0.6 is 27.5 Å². The minimum atomic E-state index is -5.23. The Bertz CT molecular complexity index is 1190. The molecule has 1 saturated carbocycles. The van der Waals surface area contributed by atoms with E-state index in [2.05, 4.69) is 15.9 Å². The second-order valence-corrected chi connectivity index (χ2v) is 9.78. The van der Waals surface area contributed by atoms with Gasteiger partial charge in [-0.05, 0) is 73.2 Å². The summed E-state index contributed by atoms with van der Waals surface area (Å²) >= 11 is 9.61. The number of hydrogen-bond acceptors (Lipinski definition) is 4. The van der Waals surface area contributed by atoms with Gasteiger partial charge in [0, 0.05) is 20.6 Å². The molecule has 0 unspecified atom stereocenters. The molecule has 10 heteroatoms. The molecule has 2 aliphatic carbocycles. The Morgan fingerprint density at radius 1 is 1.12 bits per heavy atom. The molecular weight excluding hydrogens is 539 g/mol. The van der Waals surface area contributed by atoms with Crippen LogP contribution in [0, 0.1) is 0 Å². The van der Waals surface area contributed by atoms with Crippen LogP contribution in [0.3, 0.4) is 0 Å². The van der Waals surface area contributed by atoms with Gasteiger partial charge in [0.05, 0.1) is 7.11 Å². The van der Waals surface area contributed by atoms with Crippen molar-refractivity contribution in [3.8, 4) is 5.75 Å². The predicted octanol–water partition coefficient (Wildman–Crippen LogP) is 6.11. The molecule has 2 aromatic rings. The number of carbonyl (C=O) groups is 2. The Kier molecular flexibility index (Phi) is 6.23. The van der Waals surface area contributed by atoms with E-state index in [0.717, 1.165) is 22.7 Å². The van der Waals surface area contributed by atoms with Gasteiger partial charge in [-0.3, -0.25) is 9.69 Å². The number of carbonyl (C=O) groups excluding carboxylic acids is 2. The maximum atomic E-state index is 13.8. The van der Waals surface area contributed by atoms with E-state index in [1.807, 2.05) is 6.08 Å². The summed E-state index contributed by atoms with van der Waals surface area (Å²) in [7, 11) is 1.08. The van der Waals surface area contributed by atoms with Gasteiger partial charge in [-0.2, -0.15) is 13.2 Å². The molecule has 0 bridgehead atoms. The highest BCUT2D eigenvalue weighted by Crippen LogP contribution is 2.57. The SMILES string of the molecule is COC(=O)C1(N(C(=O)C(F)(F)F)c2cccc(Cl)c2)CCC2(CC1)C(Br)=Cc1ccc(O)cc12. The van der Waals surface area contributed by atoms with Crippen LogP contribution in [0.25, 0.3) is 6.08 Å². The topological polar surface area (TPSA) is 66.8 Å². The van der Waals surface area contributed by atoms with Gasteiger partial charge in [0.25, 0.3) is 0 Å². The number of benzene rings is 2. The number of nitrogens with zero attached hydrogens (tertiary/aromatic N) is 1. The van der Waals surface area contributed by atoms with Crippen LogP contribution < -0.4 is 4.90 Å². The van der Waals surface area contributed by atoms with Gasteiger partial charge < -0.3 is 9.84 Å². The Morgan fingerprint density at radius 3 is 2.38 bits per heavy atom. The number of anilines is 1. The molecule has 180 valence electrons. The molecule has 1 N–H and O–H groups in total. The Labute approximate surface area is 207 Å². The summed E-state index contributed by atoms with van der Waals surface area (Å²) in [6.45, 7) is 0. The molecule has 2 aliphatic rings. The number of phenols is 1. The first-order valence-electron chi connectivity index (χ1n) is 10.4. The number of phenolic OH excluding ortho intramolecular Hbond substituents is 1. The van der Waals surface area contributed by atoms with Crippen LogP contribution in [0.4, 0.5) is 18.9 Å². The quantitative estimate of drug-likeness (QED) is 0.462. The molecule has 0 atom stereocenters. The minimum Gasteiger partial charge on any atom is -0.508 e. The number of halogens is 5. The number of rotatable bonds is 3. The van der Waals surface area contributed by atoms with E-state index in [0.29, 0.717) is 4.90 Å². The van der Waals surface area contributed by atoms with Crippen molar-refractivity contribution in [1.82, 2.24) is 0 Å². The first-order valence-corrected chi connectivity index (χ1v) is 11.6. The van der Waals surface area contributed by atoms with Crippen LogP contribution in [0.5, 0.6) is 5.75 Å². The Hall–Kier alpha value is -2.52. The lowest BCUT2D eigenvalue weighted by Gasteiger charge is -2.49.